The predicted octanol–water partition coefficient (Wildman–Crippen LogP) is 6.20. The van der Waals surface area contributed by atoms with Crippen molar-refractivity contribution >= 4 is 11.9 Å². The van der Waals surface area contributed by atoms with Gasteiger partial charge in [-0.05, 0) is 48.9 Å². The Labute approximate surface area is 214 Å². The van der Waals surface area contributed by atoms with Gasteiger partial charge in [0.1, 0.15) is 17.4 Å². The summed E-state index contributed by atoms with van der Waals surface area (Å²) in [5, 5.41) is 4.32. The minimum atomic E-state index is -1.06. The summed E-state index contributed by atoms with van der Waals surface area (Å²) in [5.41, 5.74) is 2.77. The molecule has 8 heteroatoms. The molecule has 0 saturated heterocycles. The lowest BCUT2D eigenvalue weighted by molar-refractivity contribution is -0.0937. The van der Waals surface area contributed by atoms with Crippen LogP contribution in [0.1, 0.15) is 29.3 Å². The van der Waals surface area contributed by atoms with Crippen LogP contribution in [0.15, 0.2) is 90.5 Å². The van der Waals surface area contributed by atoms with E-state index in [-0.39, 0.29) is 18.2 Å². The number of ether oxygens (including phenoxy) is 1. The maximum absolute atomic E-state index is 14.6. The van der Waals surface area contributed by atoms with Crippen molar-refractivity contribution in [1.29, 1.82) is 0 Å². The Bertz CT molecular complexity index is 1480. The highest BCUT2D eigenvalue weighted by Gasteiger charge is 2.43. The average Bonchev–Trinajstić information content (AvgIpc) is 3.48. The lowest BCUT2D eigenvalue weighted by Gasteiger charge is -2.34. The topological polar surface area (TPSA) is 51.9 Å². The minimum Gasteiger partial charge on any atom is -0.495 e. The number of hydrogen-bond donors (Lipinski definition) is 0. The molecule has 1 aliphatic rings. The summed E-state index contributed by atoms with van der Waals surface area (Å²) < 4.78 is 35.7. The van der Waals surface area contributed by atoms with Crippen LogP contribution < -0.4 is 4.74 Å². The van der Waals surface area contributed by atoms with Crippen LogP contribution in [-0.4, -0.2) is 27.4 Å². The molecule has 0 amide bonds. The lowest BCUT2D eigenvalue weighted by Crippen LogP contribution is -2.43. The Hall–Kier alpha value is -4.46. The van der Waals surface area contributed by atoms with E-state index in [1.165, 1.54) is 18.2 Å². The normalized spacial score (nSPS) is 17.2. The molecule has 0 spiro atoms. The van der Waals surface area contributed by atoms with Crippen LogP contribution in [0.25, 0.3) is 11.8 Å². The first-order valence-corrected chi connectivity index (χ1v) is 11.8. The fourth-order valence-corrected chi connectivity index (χ4v) is 4.30. The number of aryl methyl sites for hydroxylation is 1. The molecule has 1 atom stereocenters. The molecule has 0 bridgehead atoms. The number of methoxy groups -OCH3 is 1. The lowest BCUT2D eigenvalue weighted by atomic mass is 10.0. The number of nitrogens with zero attached hydrogens (tertiary/aromatic N) is 4. The zero-order chi connectivity index (χ0) is 26.0. The molecule has 0 fully saturated rings. The second-order valence-corrected chi connectivity index (χ2v) is 8.90. The van der Waals surface area contributed by atoms with Gasteiger partial charge in [0, 0.05) is 24.2 Å². The number of hydrogen-bond acceptors (Lipinski definition) is 5. The standard InChI is InChI=1S/C29H26F2N4O2/c1-20-17-34(19-32-20)26-14-8-21(16-27(26)36-3)9-15-28-33-37-29(2,23-10-12-24(30)13-11-23)35(28)18-22-6-4-5-7-25(22)31/h4-17,19H,18H2,1-3H3/b15-9+. The minimum absolute atomic E-state index is 0.200. The Balaban J connectivity index is 1.47. The number of imidazole rings is 1. The molecule has 1 aromatic heterocycles. The second-order valence-electron chi connectivity index (χ2n) is 8.90. The van der Waals surface area contributed by atoms with Crippen LogP contribution in [0.3, 0.4) is 0 Å². The van der Waals surface area contributed by atoms with Gasteiger partial charge in [0.05, 0.1) is 31.4 Å². The highest BCUT2D eigenvalue weighted by molar-refractivity contribution is 5.97. The smallest absolute Gasteiger partial charge is 0.234 e. The van der Waals surface area contributed by atoms with Gasteiger partial charge in [0.25, 0.3) is 0 Å². The highest BCUT2D eigenvalue weighted by Crippen LogP contribution is 2.37. The maximum atomic E-state index is 14.6. The van der Waals surface area contributed by atoms with Crippen molar-refractivity contribution in [3.8, 4) is 11.4 Å². The molecule has 3 aromatic carbocycles. The molecule has 0 saturated carbocycles. The number of rotatable bonds is 7. The van der Waals surface area contributed by atoms with E-state index in [9.17, 15) is 8.78 Å². The van der Waals surface area contributed by atoms with E-state index < -0.39 is 5.72 Å². The molecule has 1 aliphatic heterocycles. The Morgan fingerprint density at radius 1 is 1.03 bits per heavy atom. The van der Waals surface area contributed by atoms with Crippen molar-refractivity contribution in [3.63, 3.8) is 0 Å². The third-order valence-corrected chi connectivity index (χ3v) is 6.39. The zero-order valence-corrected chi connectivity index (χ0v) is 20.7. The molecular weight excluding hydrogens is 474 g/mol. The monoisotopic (exact) mass is 500 g/mol. The molecular formula is C29H26F2N4O2. The molecule has 4 aromatic rings. The van der Waals surface area contributed by atoms with Crippen LogP contribution >= 0.6 is 0 Å². The second kappa shape index (κ2) is 9.89. The Kier molecular flexibility index (Phi) is 6.48. The van der Waals surface area contributed by atoms with Gasteiger partial charge in [0.15, 0.2) is 5.84 Å². The summed E-state index contributed by atoms with van der Waals surface area (Å²) in [6, 6.07) is 18.4. The first kappa shape index (κ1) is 24.2. The van der Waals surface area contributed by atoms with E-state index in [1.54, 1.807) is 43.8 Å². The van der Waals surface area contributed by atoms with E-state index in [4.69, 9.17) is 9.57 Å². The molecule has 5 rings (SSSR count). The third kappa shape index (κ3) is 4.82. The van der Waals surface area contributed by atoms with Crippen molar-refractivity contribution in [2.75, 3.05) is 7.11 Å². The zero-order valence-electron chi connectivity index (χ0n) is 20.7. The molecule has 1 unspecified atom stereocenters. The van der Waals surface area contributed by atoms with Crippen LogP contribution in [0.5, 0.6) is 5.75 Å². The van der Waals surface area contributed by atoms with Crippen LogP contribution in [0.4, 0.5) is 8.78 Å². The van der Waals surface area contributed by atoms with E-state index in [2.05, 4.69) is 10.1 Å². The number of aromatic nitrogens is 2. The SMILES string of the molecule is COc1cc(/C=C/C2=NOC(C)(c3ccc(F)cc3)N2Cc2ccccc2F)ccc1-n1cnc(C)c1. The number of amidine groups is 1. The largest absolute Gasteiger partial charge is 0.495 e. The van der Waals surface area contributed by atoms with Gasteiger partial charge in [0.2, 0.25) is 5.72 Å². The van der Waals surface area contributed by atoms with Crippen molar-refractivity contribution in [2.45, 2.75) is 26.1 Å². The molecule has 6 nitrogen and oxygen atoms in total. The van der Waals surface area contributed by atoms with Crippen molar-refractivity contribution < 1.29 is 18.4 Å². The number of benzene rings is 3. The van der Waals surface area contributed by atoms with E-state index in [1.807, 2.05) is 59.9 Å². The summed E-state index contributed by atoms with van der Waals surface area (Å²) >= 11 is 0. The molecule has 0 aliphatic carbocycles. The Morgan fingerprint density at radius 2 is 1.81 bits per heavy atom. The fraction of sp³-hybridized carbons (Fsp3) is 0.172. The summed E-state index contributed by atoms with van der Waals surface area (Å²) in [4.78, 5) is 12.0. The third-order valence-electron chi connectivity index (χ3n) is 6.39. The summed E-state index contributed by atoms with van der Waals surface area (Å²) in [5.74, 6) is 0.511. The van der Waals surface area contributed by atoms with Gasteiger partial charge >= 0.3 is 0 Å². The van der Waals surface area contributed by atoms with Gasteiger partial charge < -0.3 is 19.0 Å². The van der Waals surface area contributed by atoms with Crippen LogP contribution in [0.2, 0.25) is 0 Å². The van der Waals surface area contributed by atoms with Gasteiger partial charge in [-0.25, -0.2) is 13.8 Å². The summed E-state index contributed by atoms with van der Waals surface area (Å²) in [6.45, 7) is 3.96. The highest BCUT2D eigenvalue weighted by atomic mass is 19.1. The molecule has 37 heavy (non-hydrogen) atoms. The van der Waals surface area contributed by atoms with Crippen molar-refractivity contribution in [2.24, 2.45) is 5.16 Å². The average molecular weight is 501 g/mol. The van der Waals surface area contributed by atoms with Crippen LogP contribution in [-0.2, 0) is 17.1 Å². The van der Waals surface area contributed by atoms with Crippen molar-refractivity contribution in [1.82, 2.24) is 14.5 Å². The van der Waals surface area contributed by atoms with Crippen molar-refractivity contribution in [3.05, 3.63) is 119 Å². The van der Waals surface area contributed by atoms with E-state index in [0.717, 1.165) is 16.9 Å². The molecule has 0 radical (unpaired) electrons. The number of halogens is 2. The van der Waals surface area contributed by atoms with E-state index >= 15 is 0 Å². The fourth-order valence-electron chi connectivity index (χ4n) is 4.30. The summed E-state index contributed by atoms with van der Waals surface area (Å²) in [6.07, 6.45) is 7.36. The summed E-state index contributed by atoms with van der Waals surface area (Å²) in [7, 11) is 1.62. The Morgan fingerprint density at radius 3 is 2.51 bits per heavy atom. The van der Waals surface area contributed by atoms with Gasteiger partial charge in [-0.1, -0.05) is 47.6 Å². The molecule has 0 N–H and O–H groups in total. The quantitative estimate of drug-likeness (QED) is 0.303. The number of oxime groups is 1. The molecule has 188 valence electrons. The predicted molar refractivity (Wildman–Crippen MR) is 138 cm³/mol. The van der Waals surface area contributed by atoms with E-state index in [0.29, 0.717) is 22.7 Å². The maximum Gasteiger partial charge on any atom is 0.234 e. The molecule has 2 heterocycles. The van der Waals surface area contributed by atoms with Gasteiger partial charge in [-0.2, -0.15) is 0 Å². The van der Waals surface area contributed by atoms with Gasteiger partial charge in [-0.3, -0.25) is 0 Å². The van der Waals surface area contributed by atoms with Gasteiger partial charge in [-0.15, -0.1) is 0 Å². The first-order valence-electron chi connectivity index (χ1n) is 11.8. The first-order chi connectivity index (χ1) is 17.9. The van der Waals surface area contributed by atoms with Crippen LogP contribution in [0, 0.1) is 18.6 Å².